The van der Waals surface area contributed by atoms with Crippen LogP contribution in [0.25, 0.3) is 0 Å². The highest BCUT2D eigenvalue weighted by Gasteiger charge is 2.42. The largest absolute Gasteiger partial charge is 0.508 e. The van der Waals surface area contributed by atoms with Gasteiger partial charge in [-0.1, -0.05) is 37.3 Å². The lowest BCUT2D eigenvalue weighted by molar-refractivity contribution is -0.0216. The molecule has 5 unspecified atom stereocenters. The topological polar surface area (TPSA) is 55.8 Å². The molecule has 2 aromatic rings. The van der Waals surface area contributed by atoms with Crippen molar-refractivity contribution in [3.05, 3.63) is 77.9 Å². The number of hydrazine groups is 1. The van der Waals surface area contributed by atoms with E-state index in [0.717, 1.165) is 50.4 Å². The summed E-state index contributed by atoms with van der Waals surface area (Å²) >= 11 is 0. The molecular weight excluding hydrogens is 446 g/mol. The Morgan fingerprint density at radius 2 is 1.81 bits per heavy atom. The van der Waals surface area contributed by atoms with Crippen molar-refractivity contribution in [1.29, 1.82) is 0 Å². The fourth-order valence-corrected chi connectivity index (χ4v) is 7.01. The van der Waals surface area contributed by atoms with Crippen LogP contribution < -0.4 is 5.43 Å². The maximum atomic E-state index is 12.8. The number of fused-ring (bicyclic) bond motifs is 2. The molecule has 3 heterocycles. The third-order valence-corrected chi connectivity index (χ3v) is 8.90. The summed E-state index contributed by atoms with van der Waals surface area (Å²) in [6, 6.07) is 17.1. The van der Waals surface area contributed by atoms with E-state index >= 15 is 0 Å². The van der Waals surface area contributed by atoms with Crippen molar-refractivity contribution in [2.75, 3.05) is 19.6 Å². The van der Waals surface area contributed by atoms with E-state index in [1.807, 2.05) is 29.3 Å². The molecule has 5 nitrogen and oxygen atoms in total. The lowest BCUT2D eigenvalue weighted by Crippen LogP contribution is -2.56. The molecule has 5 heteroatoms. The molecule has 0 aromatic heterocycles. The monoisotopic (exact) mass is 487 g/mol. The van der Waals surface area contributed by atoms with Gasteiger partial charge in [0, 0.05) is 43.2 Å². The Bertz CT molecular complexity index is 1050. The zero-order valence-electron chi connectivity index (χ0n) is 21.6. The maximum Gasteiger partial charge on any atom is 0.265 e. The summed E-state index contributed by atoms with van der Waals surface area (Å²) in [5, 5.41) is 12.3. The number of nitrogens with zero attached hydrogens (tertiary/aromatic N) is 2. The third-order valence-electron chi connectivity index (χ3n) is 8.90. The van der Waals surface area contributed by atoms with Crippen LogP contribution in [0.1, 0.15) is 79.3 Å². The highest BCUT2D eigenvalue weighted by atomic mass is 16.3. The van der Waals surface area contributed by atoms with Crippen molar-refractivity contribution in [3.8, 4) is 5.75 Å². The minimum atomic E-state index is -0.0351. The number of phenolic OH excluding ortho intramolecular Hbond substituents is 1. The van der Waals surface area contributed by atoms with Gasteiger partial charge < -0.3 is 5.11 Å². The number of aromatic hydroxyl groups is 1. The first kappa shape index (κ1) is 25.0. The molecule has 2 aromatic carbocycles. The first-order valence-electron chi connectivity index (χ1n) is 13.8. The van der Waals surface area contributed by atoms with E-state index in [-0.39, 0.29) is 11.8 Å². The average molecular weight is 488 g/mol. The van der Waals surface area contributed by atoms with Crippen molar-refractivity contribution in [1.82, 2.24) is 15.3 Å². The van der Waals surface area contributed by atoms with E-state index in [4.69, 9.17) is 0 Å². The Morgan fingerprint density at radius 3 is 2.53 bits per heavy atom. The van der Waals surface area contributed by atoms with E-state index in [9.17, 15) is 9.90 Å². The summed E-state index contributed by atoms with van der Waals surface area (Å²) in [7, 11) is 0. The Morgan fingerprint density at radius 1 is 1.06 bits per heavy atom. The Hall–Kier alpha value is -2.63. The number of hydrogen-bond donors (Lipinski definition) is 2. The molecule has 3 aliphatic rings. The number of phenols is 1. The van der Waals surface area contributed by atoms with E-state index in [0.29, 0.717) is 29.3 Å². The first-order chi connectivity index (χ1) is 17.5. The quantitative estimate of drug-likeness (QED) is 0.468. The van der Waals surface area contributed by atoms with Crippen molar-refractivity contribution >= 4 is 5.91 Å². The molecule has 3 aliphatic heterocycles. The van der Waals surface area contributed by atoms with Gasteiger partial charge in [0.1, 0.15) is 5.75 Å². The van der Waals surface area contributed by atoms with Crippen LogP contribution >= 0.6 is 0 Å². The van der Waals surface area contributed by atoms with Crippen molar-refractivity contribution in [3.63, 3.8) is 0 Å². The molecule has 192 valence electrons. The van der Waals surface area contributed by atoms with Gasteiger partial charge in [-0.3, -0.25) is 15.1 Å². The Labute approximate surface area is 216 Å². The zero-order chi connectivity index (χ0) is 25.1. The number of carbonyl (C=O) groups is 1. The first-order valence-corrected chi connectivity index (χ1v) is 13.8. The van der Waals surface area contributed by atoms with Crippen LogP contribution in [0.4, 0.5) is 0 Å². The highest BCUT2D eigenvalue weighted by molar-refractivity contribution is 5.93. The SMILES string of the molecule is C=CCN1C2CCC(CC(c3ccc(C(=O)NN4CCCC4)cc3)c3cccc(O)c3)C1CCC2C. The number of amides is 1. The molecule has 36 heavy (non-hydrogen) atoms. The molecule has 0 radical (unpaired) electrons. The molecule has 3 fully saturated rings. The van der Waals surface area contributed by atoms with Crippen molar-refractivity contribution in [2.45, 2.75) is 69.9 Å². The molecule has 0 aliphatic carbocycles. The van der Waals surface area contributed by atoms with Gasteiger partial charge in [-0.05, 0) is 92.2 Å². The fourth-order valence-electron chi connectivity index (χ4n) is 7.01. The molecule has 5 rings (SSSR count). The number of hydrogen-bond acceptors (Lipinski definition) is 4. The van der Waals surface area contributed by atoms with Crippen molar-refractivity contribution < 1.29 is 9.90 Å². The number of rotatable bonds is 8. The molecular formula is C31H41N3O2. The molecule has 0 spiro atoms. The number of nitrogens with one attached hydrogen (secondary N) is 1. The second-order valence-electron chi connectivity index (χ2n) is 11.2. The summed E-state index contributed by atoms with van der Waals surface area (Å²) in [5.41, 5.74) is 6.09. The minimum absolute atomic E-state index is 0.0351. The van der Waals surface area contributed by atoms with E-state index in [2.05, 4.69) is 48.1 Å². The summed E-state index contributed by atoms with van der Waals surface area (Å²) in [5.74, 6) is 1.80. The molecule has 0 saturated carbocycles. The minimum Gasteiger partial charge on any atom is -0.508 e. The van der Waals surface area contributed by atoms with Crippen LogP contribution in [0.5, 0.6) is 5.75 Å². The van der Waals surface area contributed by atoms with Gasteiger partial charge in [0.15, 0.2) is 0 Å². The predicted molar refractivity (Wildman–Crippen MR) is 145 cm³/mol. The highest BCUT2D eigenvalue weighted by Crippen LogP contribution is 2.45. The predicted octanol–water partition coefficient (Wildman–Crippen LogP) is 5.72. The molecule has 3 saturated heterocycles. The second-order valence-corrected chi connectivity index (χ2v) is 11.2. The van der Waals surface area contributed by atoms with E-state index in [1.54, 1.807) is 6.07 Å². The van der Waals surface area contributed by atoms with Crippen LogP contribution in [-0.4, -0.2) is 52.6 Å². The van der Waals surface area contributed by atoms with Crippen LogP contribution in [-0.2, 0) is 0 Å². The summed E-state index contributed by atoms with van der Waals surface area (Å²) in [4.78, 5) is 15.5. The maximum absolute atomic E-state index is 12.8. The second kappa shape index (κ2) is 11.2. The van der Waals surface area contributed by atoms with Gasteiger partial charge in [-0.15, -0.1) is 6.58 Å². The summed E-state index contributed by atoms with van der Waals surface area (Å²) in [6.07, 6.45) is 10.4. The van der Waals surface area contributed by atoms with Gasteiger partial charge >= 0.3 is 0 Å². The summed E-state index contributed by atoms with van der Waals surface area (Å²) in [6.45, 7) is 9.27. The summed E-state index contributed by atoms with van der Waals surface area (Å²) < 4.78 is 0. The van der Waals surface area contributed by atoms with Gasteiger partial charge in [-0.2, -0.15) is 0 Å². The normalized spacial score (nSPS) is 27.5. The van der Waals surface area contributed by atoms with Crippen molar-refractivity contribution in [2.24, 2.45) is 11.8 Å². The molecule has 2 N–H and O–H groups in total. The van der Waals surface area contributed by atoms with Crippen LogP contribution in [0.2, 0.25) is 0 Å². The van der Waals surface area contributed by atoms with Crippen LogP contribution in [0.15, 0.2) is 61.2 Å². The fraction of sp³-hybridized carbons (Fsp3) is 0.516. The molecule has 1 amide bonds. The van der Waals surface area contributed by atoms with Gasteiger partial charge in [-0.25, -0.2) is 5.01 Å². The Kier molecular flexibility index (Phi) is 7.78. The number of carbonyl (C=O) groups excluding carboxylic acids is 1. The molecule has 5 atom stereocenters. The van der Waals surface area contributed by atoms with Gasteiger partial charge in [0.25, 0.3) is 5.91 Å². The Balaban J connectivity index is 1.38. The van der Waals surface area contributed by atoms with E-state index < -0.39 is 0 Å². The van der Waals surface area contributed by atoms with E-state index in [1.165, 1.54) is 31.2 Å². The zero-order valence-corrected chi connectivity index (χ0v) is 21.6. The molecule has 2 bridgehead atoms. The standard InChI is InChI=1S/C31H41N3O2/c1-3-17-34-29-16-14-26(30(34)15-9-22(29)2)21-28(25-7-6-8-27(35)20-25)23-10-12-24(13-11-23)31(36)32-33-18-4-5-19-33/h3,6-8,10-13,20,22,26,28-30,35H,1,4-5,9,14-19,21H2,2H3,(H,32,36). The average Bonchev–Trinajstić information content (AvgIpc) is 3.39. The third kappa shape index (κ3) is 5.37. The number of benzene rings is 2. The van der Waals surface area contributed by atoms with Crippen LogP contribution in [0, 0.1) is 11.8 Å². The van der Waals surface area contributed by atoms with Gasteiger partial charge in [0.05, 0.1) is 0 Å². The number of piperidine rings is 2. The lowest BCUT2D eigenvalue weighted by Gasteiger charge is -2.53. The lowest BCUT2D eigenvalue weighted by atomic mass is 9.69. The van der Waals surface area contributed by atoms with Gasteiger partial charge in [0.2, 0.25) is 0 Å². The smallest absolute Gasteiger partial charge is 0.265 e. The van der Waals surface area contributed by atoms with Crippen LogP contribution in [0.3, 0.4) is 0 Å².